The molecule has 1 aliphatic carbocycles. The average molecular weight is 251 g/mol. The van der Waals surface area contributed by atoms with Gasteiger partial charge in [0.05, 0.1) is 0 Å². The van der Waals surface area contributed by atoms with E-state index in [4.69, 9.17) is 0 Å². The molecular weight excluding hydrogens is 222 g/mol. The SMILES string of the molecule is CCC1CN(CC2[C@H]3CNC[C@@H]23)CCN1C(C)C. The zero-order valence-corrected chi connectivity index (χ0v) is 12.2. The van der Waals surface area contributed by atoms with Gasteiger partial charge < -0.3 is 10.2 Å². The number of nitrogens with zero attached hydrogens (tertiary/aromatic N) is 2. The maximum atomic E-state index is 3.50. The lowest BCUT2D eigenvalue weighted by atomic mass is 10.1. The molecule has 0 bridgehead atoms. The number of rotatable bonds is 4. The van der Waals surface area contributed by atoms with Gasteiger partial charge in [0.25, 0.3) is 0 Å². The molecule has 2 saturated heterocycles. The molecule has 2 heterocycles. The van der Waals surface area contributed by atoms with Gasteiger partial charge in [-0.05, 0) is 51.1 Å². The van der Waals surface area contributed by atoms with Crippen LogP contribution in [0.3, 0.4) is 0 Å². The highest BCUT2D eigenvalue weighted by Crippen LogP contribution is 2.49. The first-order chi connectivity index (χ1) is 8.70. The largest absolute Gasteiger partial charge is 0.316 e. The van der Waals surface area contributed by atoms with Crippen LogP contribution in [0, 0.1) is 17.8 Å². The molecular formula is C15H29N3. The molecule has 0 spiro atoms. The normalized spacial score (nSPS) is 41.3. The number of fused-ring (bicyclic) bond motifs is 1. The summed E-state index contributed by atoms with van der Waals surface area (Å²) in [6.45, 7) is 14.9. The second kappa shape index (κ2) is 5.10. The van der Waals surface area contributed by atoms with Gasteiger partial charge in [-0.3, -0.25) is 4.90 Å². The Hall–Kier alpha value is -0.120. The molecule has 3 fully saturated rings. The van der Waals surface area contributed by atoms with Crippen molar-refractivity contribution in [1.29, 1.82) is 0 Å². The summed E-state index contributed by atoms with van der Waals surface area (Å²) in [6, 6.07) is 1.50. The van der Waals surface area contributed by atoms with E-state index in [2.05, 4.69) is 35.9 Å². The van der Waals surface area contributed by atoms with Gasteiger partial charge in [-0.25, -0.2) is 0 Å². The Kier molecular flexibility index (Phi) is 3.65. The number of hydrogen-bond donors (Lipinski definition) is 1. The first kappa shape index (κ1) is 12.9. The molecule has 0 radical (unpaired) electrons. The van der Waals surface area contributed by atoms with Crippen molar-refractivity contribution in [3.63, 3.8) is 0 Å². The van der Waals surface area contributed by atoms with Crippen LogP contribution in [0.2, 0.25) is 0 Å². The van der Waals surface area contributed by atoms with Crippen molar-refractivity contribution in [2.24, 2.45) is 17.8 Å². The quantitative estimate of drug-likeness (QED) is 0.811. The van der Waals surface area contributed by atoms with Gasteiger partial charge >= 0.3 is 0 Å². The van der Waals surface area contributed by atoms with Crippen molar-refractivity contribution in [3.8, 4) is 0 Å². The number of nitrogens with one attached hydrogen (secondary N) is 1. The molecule has 2 aliphatic heterocycles. The fourth-order valence-corrected chi connectivity index (χ4v) is 4.26. The topological polar surface area (TPSA) is 18.5 Å². The van der Waals surface area contributed by atoms with Gasteiger partial charge in [-0.15, -0.1) is 0 Å². The van der Waals surface area contributed by atoms with E-state index in [1.165, 1.54) is 45.7 Å². The molecule has 0 aromatic carbocycles. The van der Waals surface area contributed by atoms with Crippen molar-refractivity contribution in [2.45, 2.75) is 39.3 Å². The van der Waals surface area contributed by atoms with Crippen LogP contribution in [0.25, 0.3) is 0 Å². The summed E-state index contributed by atoms with van der Waals surface area (Å²) in [6.07, 6.45) is 1.30. The molecule has 0 amide bonds. The van der Waals surface area contributed by atoms with Crippen LogP contribution in [-0.2, 0) is 0 Å². The lowest BCUT2D eigenvalue weighted by Gasteiger charge is -2.43. The molecule has 0 aromatic rings. The highest BCUT2D eigenvalue weighted by molar-refractivity contribution is 5.05. The van der Waals surface area contributed by atoms with Gasteiger partial charge in [0.2, 0.25) is 0 Å². The summed E-state index contributed by atoms with van der Waals surface area (Å²) in [5.74, 6) is 3.07. The monoisotopic (exact) mass is 251 g/mol. The van der Waals surface area contributed by atoms with E-state index in [0.717, 1.165) is 23.8 Å². The fourth-order valence-electron chi connectivity index (χ4n) is 4.26. The lowest BCUT2D eigenvalue weighted by Crippen LogP contribution is -2.55. The van der Waals surface area contributed by atoms with Gasteiger partial charge in [-0.2, -0.15) is 0 Å². The zero-order chi connectivity index (χ0) is 12.7. The summed E-state index contributed by atoms with van der Waals surface area (Å²) in [7, 11) is 0. The molecule has 18 heavy (non-hydrogen) atoms. The Morgan fingerprint density at radius 1 is 1.17 bits per heavy atom. The van der Waals surface area contributed by atoms with Crippen molar-refractivity contribution < 1.29 is 0 Å². The summed E-state index contributed by atoms with van der Waals surface area (Å²) in [5, 5.41) is 3.50. The van der Waals surface area contributed by atoms with E-state index in [0.29, 0.717) is 6.04 Å². The minimum absolute atomic E-state index is 0.710. The Balaban J connectivity index is 1.50. The first-order valence-electron chi connectivity index (χ1n) is 7.89. The Morgan fingerprint density at radius 2 is 1.89 bits per heavy atom. The van der Waals surface area contributed by atoms with Crippen molar-refractivity contribution in [1.82, 2.24) is 15.1 Å². The highest BCUT2D eigenvalue weighted by atomic mass is 15.3. The number of piperazine rings is 1. The first-order valence-corrected chi connectivity index (χ1v) is 7.89. The number of piperidine rings is 1. The van der Waals surface area contributed by atoms with Crippen LogP contribution in [0.1, 0.15) is 27.2 Å². The summed E-state index contributed by atoms with van der Waals surface area (Å²) in [5.41, 5.74) is 0. The van der Waals surface area contributed by atoms with Crippen molar-refractivity contribution in [3.05, 3.63) is 0 Å². The Bertz CT molecular complexity index is 281. The smallest absolute Gasteiger partial charge is 0.0223 e. The number of hydrogen-bond acceptors (Lipinski definition) is 3. The Labute approximate surface area is 112 Å². The maximum absolute atomic E-state index is 3.50. The summed E-state index contributed by atoms with van der Waals surface area (Å²) >= 11 is 0. The van der Waals surface area contributed by atoms with Gasteiger partial charge in [0, 0.05) is 38.3 Å². The molecule has 3 heteroatoms. The third-order valence-corrected chi connectivity index (χ3v) is 5.48. The molecule has 3 rings (SSSR count). The van der Waals surface area contributed by atoms with E-state index in [-0.39, 0.29) is 0 Å². The third kappa shape index (κ3) is 2.33. The zero-order valence-electron chi connectivity index (χ0n) is 12.2. The fraction of sp³-hybridized carbons (Fsp3) is 1.00. The van der Waals surface area contributed by atoms with E-state index >= 15 is 0 Å². The predicted octanol–water partition coefficient (Wildman–Crippen LogP) is 1.26. The van der Waals surface area contributed by atoms with E-state index < -0.39 is 0 Å². The van der Waals surface area contributed by atoms with Gasteiger partial charge in [-0.1, -0.05) is 6.92 Å². The molecule has 0 aromatic heterocycles. The lowest BCUT2D eigenvalue weighted by molar-refractivity contribution is 0.0456. The van der Waals surface area contributed by atoms with Crippen LogP contribution < -0.4 is 5.32 Å². The maximum Gasteiger partial charge on any atom is 0.0223 e. The summed E-state index contributed by atoms with van der Waals surface area (Å²) < 4.78 is 0. The molecule has 4 atom stereocenters. The van der Waals surface area contributed by atoms with Crippen LogP contribution in [0.4, 0.5) is 0 Å². The van der Waals surface area contributed by atoms with Crippen LogP contribution in [-0.4, -0.2) is 61.2 Å². The van der Waals surface area contributed by atoms with Crippen molar-refractivity contribution >= 4 is 0 Å². The van der Waals surface area contributed by atoms with Crippen LogP contribution in [0.15, 0.2) is 0 Å². The van der Waals surface area contributed by atoms with E-state index in [1.807, 2.05) is 0 Å². The van der Waals surface area contributed by atoms with E-state index in [9.17, 15) is 0 Å². The molecule has 1 N–H and O–H groups in total. The third-order valence-electron chi connectivity index (χ3n) is 5.48. The second-order valence-electron chi connectivity index (χ2n) is 6.80. The highest BCUT2D eigenvalue weighted by Gasteiger charge is 2.53. The Morgan fingerprint density at radius 3 is 2.50 bits per heavy atom. The molecule has 104 valence electrons. The molecule has 1 saturated carbocycles. The standard InChI is InChI=1S/C15H29N3/c1-4-12-9-17(5-6-18(12)11(2)3)10-15-13-7-16-8-14(13)15/h11-16H,4-10H2,1-3H3/t12?,13-,14+,15?. The minimum Gasteiger partial charge on any atom is -0.316 e. The van der Waals surface area contributed by atoms with Gasteiger partial charge in [0.15, 0.2) is 0 Å². The van der Waals surface area contributed by atoms with Crippen LogP contribution >= 0.6 is 0 Å². The van der Waals surface area contributed by atoms with Crippen molar-refractivity contribution in [2.75, 3.05) is 39.3 Å². The average Bonchev–Trinajstić information content (AvgIpc) is 2.81. The van der Waals surface area contributed by atoms with E-state index in [1.54, 1.807) is 0 Å². The molecule has 3 nitrogen and oxygen atoms in total. The second-order valence-corrected chi connectivity index (χ2v) is 6.80. The van der Waals surface area contributed by atoms with Crippen LogP contribution in [0.5, 0.6) is 0 Å². The minimum atomic E-state index is 0.710. The predicted molar refractivity (Wildman–Crippen MR) is 75.7 cm³/mol. The molecule has 2 unspecified atom stereocenters. The van der Waals surface area contributed by atoms with Gasteiger partial charge in [0.1, 0.15) is 0 Å². The molecule has 3 aliphatic rings. The summed E-state index contributed by atoms with van der Waals surface area (Å²) in [4.78, 5) is 5.45.